The van der Waals surface area contributed by atoms with Gasteiger partial charge in [0.1, 0.15) is 5.82 Å². The van der Waals surface area contributed by atoms with E-state index in [1.165, 1.54) is 6.07 Å². The van der Waals surface area contributed by atoms with E-state index < -0.39 is 5.82 Å². The first-order chi connectivity index (χ1) is 7.51. The summed E-state index contributed by atoms with van der Waals surface area (Å²) in [6.07, 6.45) is 0. The molecule has 16 heavy (non-hydrogen) atoms. The van der Waals surface area contributed by atoms with E-state index in [4.69, 9.17) is 22.5 Å². The number of hydrogen-bond acceptors (Lipinski definition) is 2. The molecule has 1 aromatic carbocycles. The molecule has 0 aliphatic carbocycles. The molecule has 82 valence electrons. The van der Waals surface area contributed by atoms with Gasteiger partial charge in [0.05, 0.1) is 17.3 Å². The number of nitriles is 1. The highest BCUT2D eigenvalue weighted by Gasteiger charge is 2.00. The normalized spacial score (nSPS) is 10.6. The maximum atomic E-state index is 13.0. The maximum Gasteiger partial charge on any atom is 0.223 e. The van der Waals surface area contributed by atoms with Crippen LogP contribution in [0.2, 0.25) is 0 Å². The van der Waals surface area contributed by atoms with Gasteiger partial charge in [0.15, 0.2) is 5.96 Å². The van der Waals surface area contributed by atoms with Gasteiger partial charge in [0.25, 0.3) is 0 Å². The Hall–Kier alpha value is -2.62. The van der Waals surface area contributed by atoms with Crippen molar-refractivity contribution in [2.75, 3.05) is 0 Å². The van der Waals surface area contributed by atoms with E-state index in [1.54, 1.807) is 6.07 Å². The van der Waals surface area contributed by atoms with Gasteiger partial charge in [-0.15, -0.1) is 0 Å². The molecule has 0 aliphatic rings. The first-order valence-corrected chi connectivity index (χ1v) is 4.16. The average molecular weight is 220 g/mol. The molecule has 7 heteroatoms. The zero-order chi connectivity index (χ0) is 12.1. The lowest BCUT2D eigenvalue weighted by Gasteiger charge is -1.97. The zero-order valence-corrected chi connectivity index (χ0v) is 8.18. The predicted octanol–water partition coefficient (Wildman–Crippen LogP) is -0.0830. The number of nitrogens with two attached hydrogens (primary N) is 3. The third kappa shape index (κ3) is 3.26. The van der Waals surface area contributed by atoms with Gasteiger partial charge in [-0.2, -0.15) is 10.3 Å². The summed E-state index contributed by atoms with van der Waals surface area (Å²) in [5.41, 5.74) is 15.8. The SMILES string of the molecule is N#Cc1cc(F)cc(N=C(N)N=C(N)N)c1. The van der Waals surface area contributed by atoms with Crippen molar-refractivity contribution in [3.8, 4) is 6.07 Å². The van der Waals surface area contributed by atoms with E-state index in [0.717, 1.165) is 12.1 Å². The average Bonchev–Trinajstić information content (AvgIpc) is 2.14. The fourth-order valence-electron chi connectivity index (χ4n) is 0.993. The molecule has 0 saturated carbocycles. The van der Waals surface area contributed by atoms with Crippen LogP contribution in [0.3, 0.4) is 0 Å². The third-order valence-electron chi connectivity index (χ3n) is 1.50. The topological polar surface area (TPSA) is 127 Å². The van der Waals surface area contributed by atoms with Gasteiger partial charge in [-0.3, -0.25) is 0 Å². The Morgan fingerprint density at radius 2 is 1.94 bits per heavy atom. The maximum absolute atomic E-state index is 13.0. The van der Waals surface area contributed by atoms with Crippen LogP contribution < -0.4 is 17.2 Å². The van der Waals surface area contributed by atoms with Crippen molar-refractivity contribution in [2.45, 2.75) is 0 Å². The molecule has 1 rings (SSSR count). The van der Waals surface area contributed by atoms with Gasteiger partial charge >= 0.3 is 0 Å². The summed E-state index contributed by atoms with van der Waals surface area (Å²) in [7, 11) is 0. The molecule has 0 bridgehead atoms. The first-order valence-electron chi connectivity index (χ1n) is 4.16. The van der Waals surface area contributed by atoms with E-state index in [2.05, 4.69) is 9.98 Å². The van der Waals surface area contributed by atoms with Crippen molar-refractivity contribution >= 4 is 17.6 Å². The number of guanidine groups is 2. The Kier molecular flexibility index (Phi) is 3.40. The van der Waals surface area contributed by atoms with Crippen LogP contribution in [0.1, 0.15) is 5.56 Å². The fraction of sp³-hybridized carbons (Fsp3) is 0. The zero-order valence-electron chi connectivity index (χ0n) is 8.18. The van der Waals surface area contributed by atoms with Crippen LogP contribution in [-0.2, 0) is 0 Å². The molecule has 0 fully saturated rings. The number of rotatable bonds is 1. The second kappa shape index (κ2) is 4.75. The fourth-order valence-corrected chi connectivity index (χ4v) is 0.993. The van der Waals surface area contributed by atoms with Crippen LogP contribution in [0.15, 0.2) is 28.2 Å². The van der Waals surface area contributed by atoms with Crippen LogP contribution in [0.5, 0.6) is 0 Å². The molecule has 0 radical (unpaired) electrons. The number of aliphatic imine (C=N–C) groups is 2. The molecule has 6 nitrogen and oxygen atoms in total. The Balaban J connectivity index is 3.11. The van der Waals surface area contributed by atoms with Gasteiger partial charge in [-0.05, 0) is 18.2 Å². The largest absolute Gasteiger partial charge is 0.370 e. The minimum absolute atomic E-state index is 0.135. The minimum Gasteiger partial charge on any atom is -0.370 e. The van der Waals surface area contributed by atoms with Gasteiger partial charge in [-0.1, -0.05) is 0 Å². The van der Waals surface area contributed by atoms with Crippen molar-refractivity contribution < 1.29 is 4.39 Å². The molecule has 0 aliphatic heterocycles. The monoisotopic (exact) mass is 220 g/mol. The van der Waals surface area contributed by atoms with E-state index in [-0.39, 0.29) is 23.2 Å². The standard InChI is InChI=1S/C9H9FN6/c10-6-1-5(4-11)2-7(3-6)15-9(14)16-8(12)13/h1-3H,(H6,12,13,14,15,16). The van der Waals surface area contributed by atoms with E-state index in [1.807, 2.05) is 0 Å². The Morgan fingerprint density at radius 3 is 2.50 bits per heavy atom. The van der Waals surface area contributed by atoms with Crippen LogP contribution >= 0.6 is 0 Å². The van der Waals surface area contributed by atoms with Gasteiger partial charge in [0.2, 0.25) is 5.96 Å². The van der Waals surface area contributed by atoms with E-state index in [9.17, 15) is 4.39 Å². The molecule has 0 atom stereocenters. The second-order valence-electron chi connectivity index (χ2n) is 2.82. The van der Waals surface area contributed by atoms with Crippen molar-refractivity contribution in [1.29, 1.82) is 5.26 Å². The summed E-state index contributed by atoms with van der Waals surface area (Å²) < 4.78 is 13.0. The smallest absolute Gasteiger partial charge is 0.223 e. The lowest BCUT2D eigenvalue weighted by Crippen LogP contribution is -2.26. The van der Waals surface area contributed by atoms with Crippen molar-refractivity contribution in [1.82, 2.24) is 0 Å². The highest BCUT2D eigenvalue weighted by atomic mass is 19.1. The van der Waals surface area contributed by atoms with Gasteiger partial charge in [0, 0.05) is 0 Å². The third-order valence-corrected chi connectivity index (χ3v) is 1.50. The van der Waals surface area contributed by atoms with Crippen molar-refractivity contribution in [2.24, 2.45) is 27.2 Å². The molecule has 0 amide bonds. The first kappa shape index (κ1) is 11.5. The van der Waals surface area contributed by atoms with E-state index >= 15 is 0 Å². The lowest BCUT2D eigenvalue weighted by atomic mass is 10.2. The number of nitrogens with zero attached hydrogens (tertiary/aromatic N) is 3. The summed E-state index contributed by atoms with van der Waals surface area (Å²) in [6.45, 7) is 0. The minimum atomic E-state index is -0.588. The summed E-state index contributed by atoms with van der Waals surface area (Å²) in [5.74, 6) is -1.05. The van der Waals surface area contributed by atoms with Crippen molar-refractivity contribution in [3.05, 3.63) is 29.6 Å². The van der Waals surface area contributed by atoms with Gasteiger partial charge < -0.3 is 17.2 Å². The second-order valence-corrected chi connectivity index (χ2v) is 2.82. The molecule has 0 heterocycles. The Bertz CT molecular complexity index is 495. The molecule has 0 spiro atoms. The molecular formula is C9H9FN6. The molecule has 0 aromatic heterocycles. The van der Waals surface area contributed by atoms with Crippen LogP contribution in [0, 0.1) is 17.1 Å². The number of benzene rings is 1. The van der Waals surface area contributed by atoms with Crippen LogP contribution in [0.4, 0.5) is 10.1 Å². The molecule has 0 unspecified atom stereocenters. The molecule has 6 N–H and O–H groups in total. The Labute approximate surface area is 90.9 Å². The number of hydrogen-bond donors (Lipinski definition) is 3. The Morgan fingerprint density at radius 1 is 1.25 bits per heavy atom. The predicted molar refractivity (Wildman–Crippen MR) is 58.2 cm³/mol. The highest BCUT2D eigenvalue weighted by Crippen LogP contribution is 2.16. The molecule has 1 aromatic rings. The summed E-state index contributed by atoms with van der Waals surface area (Å²) in [6, 6.07) is 5.33. The summed E-state index contributed by atoms with van der Waals surface area (Å²) in [4.78, 5) is 7.18. The van der Waals surface area contributed by atoms with Crippen LogP contribution in [0.25, 0.3) is 0 Å². The molecule has 0 saturated heterocycles. The summed E-state index contributed by atoms with van der Waals surface area (Å²) in [5, 5.41) is 8.60. The van der Waals surface area contributed by atoms with E-state index in [0.29, 0.717) is 0 Å². The highest BCUT2D eigenvalue weighted by molar-refractivity contribution is 5.93. The van der Waals surface area contributed by atoms with Gasteiger partial charge in [-0.25, -0.2) is 9.38 Å². The molecular weight excluding hydrogens is 211 g/mol. The summed E-state index contributed by atoms with van der Waals surface area (Å²) >= 11 is 0. The number of halogens is 1. The van der Waals surface area contributed by atoms with Crippen molar-refractivity contribution in [3.63, 3.8) is 0 Å². The quantitative estimate of drug-likeness (QED) is 0.451. The van der Waals surface area contributed by atoms with Crippen LogP contribution in [-0.4, -0.2) is 11.9 Å². The lowest BCUT2D eigenvalue weighted by molar-refractivity contribution is 0.627.